The number of rotatable bonds is 3. The Balaban J connectivity index is 1.51. The summed E-state index contributed by atoms with van der Waals surface area (Å²) in [4.78, 5) is 27.7. The van der Waals surface area contributed by atoms with Crippen LogP contribution in [0.2, 0.25) is 0 Å². The molecule has 5 heteroatoms. The summed E-state index contributed by atoms with van der Waals surface area (Å²) in [5, 5.41) is 0. The minimum Gasteiger partial charge on any atom is -0.448 e. The Morgan fingerprint density at radius 1 is 1.18 bits per heavy atom. The summed E-state index contributed by atoms with van der Waals surface area (Å²) >= 11 is 0. The number of nitrogens with zero attached hydrogens (tertiary/aromatic N) is 2. The fraction of sp³-hybridized carbons (Fsp3) is 0.529. The molecule has 2 aliphatic heterocycles. The van der Waals surface area contributed by atoms with Crippen molar-refractivity contribution in [2.45, 2.75) is 32.2 Å². The summed E-state index contributed by atoms with van der Waals surface area (Å²) in [6.07, 6.45) is 1.93. The number of amides is 2. The molecular weight excluding hydrogens is 280 g/mol. The van der Waals surface area contributed by atoms with Crippen molar-refractivity contribution in [2.24, 2.45) is 0 Å². The number of hydrogen-bond acceptors (Lipinski definition) is 3. The molecular formula is C17H22N2O3. The first kappa shape index (κ1) is 14.9. The fourth-order valence-electron chi connectivity index (χ4n) is 3.16. The van der Waals surface area contributed by atoms with Gasteiger partial charge in [-0.3, -0.25) is 4.79 Å². The molecule has 0 radical (unpaired) electrons. The monoisotopic (exact) mass is 302 g/mol. The van der Waals surface area contributed by atoms with E-state index in [9.17, 15) is 9.59 Å². The number of piperidine rings is 1. The van der Waals surface area contributed by atoms with Crippen molar-refractivity contribution < 1.29 is 14.3 Å². The minimum absolute atomic E-state index is 0.173. The van der Waals surface area contributed by atoms with Gasteiger partial charge in [-0.05, 0) is 25.3 Å². The highest BCUT2D eigenvalue weighted by molar-refractivity contribution is 5.79. The first-order chi connectivity index (χ1) is 10.6. The molecule has 0 spiro atoms. The lowest BCUT2D eigenvalue weighted by Crippen LogP contribution is -2.47. The fourth-order valence-corrected chi connectivity index (χ4v) is 3.16. The van der Waals surface area contributed by atoms with Gasteiger partial charge in [0.25, 0.3) is 0 Å². The number of aryl methyl sites for hydroxylation is 1. The SMILES string of the molecule is Cc1ccc(CC(=O)N2CCC(N3CCOC3=O)CC2)cc1. The molecule has 0 saturated carbocycles. The van der Waals surface area contributed by atoms with Crippen molar-refractivity contribution in [1.82, 2.24) is 9.80 Å². The molecule has 2 heterocycles. The number of ether oxygens (including phenoxy) is 1. The van der Waals surface area contributed by atoms with Crippen molar-refractivity contribution in [1.29, 1.82) is 0 Å². The van der Waals surface area contributed by atoms with Gasteiger partial charge in [-0.25, -0.2) is 4.79 Å². The summed E-state index contributed by atoms with van der Waals surface area (Å²) in [7, 11) is 0. The maximum absolute atomic E-state index is 12.4. The molecule has 1 aromatic rings. The summed E-state index contributed by atoms with van der Waals surface area (Å²) in [6.45, 7) is 4.66. The maximum Gasteiger partial charge on any atom is 0.410 e. The Morgan fingerprint density at radius 3 is 2.45 bits per heavy atom. The van der Waals surface area contributed by atoms with Crippen molar-refractivity contribution in [3.8, 4) is 0 Å². The van der Waals surface area contributed by atoms with Gasteiger partial charge in [-0.1, -0.05) is 29.8 Å². The third-order valence-electron chi connectivity index (χ3n) is 4.53. The Bertz CT molecular complexity index is 548. The van der Waals surface area contributed by atoms with Gasteiger partial charge in [-0.15, -0.1) is 0 Å². The van der Waals surface area contributed by atoms with Crippen LogP contribution in [-0.4, -0.2) is 54.1 Å². The van der Waals surface area contributed by atoms with E-state index in [2.05, 4.69) is 0 Å². The van der Waals surface area contributed by atoms with E-state index in [0.717, 1.165) is 31.5 Å². The molecule has 118 valence electrons. The van der Waals surface area contributed by atoms with Gasteiger partial charge in [0.2, 0.25) is 5.91 Å². The summed E-state index contributed by atoms with van der Waals surface area (Å²) in [6, 6.07) is 8.32. The first-order valence-corrected chi connectivity index (χ1v) is 7.90. The summed E-state index contributed by atoms with van der Waals surface area (Å²) < 4.78 is 4.99. The van der Waals surface area contributed by atoms with E-state index in [0.29, 0.717) is 19.6 Å². The van der Waals surface area contributed by atoms with E-state index in [1.807, 2.05) is 41.0 Å². The van der Waals surface area contributed by atoms with Gasteiger partial charge in [0.05, 0.1) is 13.0 Å². The predicted octanol–water partition coefficient (Wildman–Crippen LogP) is 1.98. The van der Waals surface area contributed by atoms with Crippen molar-refractivity contribution in [3.05, 3.63) is 35.4 Å². The van der Waals surface area contributed by atoms with E-state index in [-0.39, 0.29) is 18.0 Å². The average Bonchev–Trinajstić information content (AvgIpc) is 2.96. The molecule has 0 bridgehead atoms. The lowest BCUT2D eigenvalue weighted by molar-refractivity contribution is -0.131. The van der Waals surface area contributed by atoms with Crippen LogP contribution in [0.3, 0.4) is 0 Å². The number of carbonyl (C=O) groups is 2. The van der Waals surface area contributed by atoms with Gasteiger partial charge < -0.3 is 14.5 Å². The summed E-state index contributed by atoms with van der Waals surface area (Å²) in [5.41, 5.74) is 2.26. The van der Waals surface area contributed by atoms with Crippen LogP contribution in [0, 0.1) is 6.92 Å². The van der Waals surface area contributed by atoms with Crippen molar-refractivity contribution in [2.75, 3.05) is 26.2 Å². The molecule has 0 atom stereocenters. The molecule has 0 N–H and O–H groups in total. The van der Waals surface area contributed by atoms with Crippen LogP contribution in [0.15, 0.2) is 24.3 Å². The van der Waals surface area contributed by atoms with Gasteiger partial charge in [0, 0.05) is 19.1 Å². The van der Waals surface area contributed by atoms with Gasteiger partial charge in [0.1, 0.15) is 6.61 Å². The maximum atomic E-state index is 12.4. The minimum atomic E-state index is -0.204. The Labute approximate surface area is 130 Å². The topological polar surface area (TPSA) is 49.9 Å². The Morgan fingerprint density at radius 2 is 1.86 bits per heavy atom. The number of likely N-dealkylation sites (tertiary alicyclic amines) is 1. The van der Waals surface area contributed by atoms with E-state index in [1.54, 1.807) is 0 Å². The molecule has 5 nitrogen and oxygen atoms in total. The Hall–Kier alpha value is -2.04. The van der Waals surface area contributed by atoms with Crippen LogP contribution in [0.5, 0.6) is 0 Å². The van der Waals surface area contributed by atoms with E-state index in [4.69, 9.17) is 4.74 Å². The number of carbonyl (C=O) groups excluding carboxylic acids is 2. The molecule has 2 aliphatic rings. The standard InChI is InChI=1S/C17H22N2O3/c1-13-2-4-14(5-3-13)12-16(20)18-8-6-15(7-9-18)19-10-11-22-17(19)21/h2-5,15H,6-12H2,1H3. The second-order valence-electron chi connectivity index (χ2n) is 6.08. The highest BCUT2D eigenvalue weighted by Gasteiger charge is 2.33. The second-order valence-corrected chi connectivity index (χ2v) is 6.08. The van der Waals surface area contributed by atoms with Crippen LogP contribution >= 0.6 is 0 Å². The lowest BCUT2D eigenvalue weighted by Gasteiger charge is -2.35. The van der Waals surface area contributed by atoms with E-state index >= 15 is 0 Å². The van der Waals surface area contributed by atoms with Crippen LogP contribution in [0.4, 0.5) is 4.79 Å². The third-order valence-corrected chi connectivity index (χ3v) is 4.53. The number of hydrogen-bond donors (Lipinski definition) is 0. The predicted molar refractivity (Wildman–Crippen MR) is 82.5 cm³/mol. The number of benzene rings is 1. The van der Waals surface area contributed by atoms with Crippen LogP contribution in [0.25, 0.3) is 0 Å². The lowest BCUT2D eigenvalue weighted by atomic mass is 10.0. The Kier molecular flexibility index (Phi) is 4.32. The van der Waals surface area contributed by atoms with Crippen LogP contribution < -0.4 is 0 Å². The molecule has 0 aromatic heterocycles. The van der Waals surface area contributed by atoms with E-state index < -0.39 is 0 Å². The molecule has 2 fully saturated rings. The summed E-state index contributed by atoms with van der Waals surface area (Å²) in [5.74, 6) is 0.173. The van der Waals surface area contributed by atoms with Crippen LogP contribution in [-0.2, 0) is 16.0 Å². The van der Waals surface area contributed by atoms with Gasteiger partial charge in [0.15, 0.2) is 0 Å². The first-order valence-electron chi connectivity index (χ1n) is 7.90. The van der Waals surface area contributed by atoms with Crippen LogP contribution in [0.1, 0.15) is 24.0 Å². The molecule has 3 rings (SSSR count). The third kappa shape index (κ3) is 3.24. The molecule has 2 saturated heterocycles. The molecule has 0 unspecified atom stereocenters. The number of cyclic esters (lactones) is 1. The zero-order valence-electron chi connectivity index (χ0n) is 13.0. The molecule has 22 heavy (non-hydrogen) atoms. The second kappa shape index (κ2) is 6.38. The molecule has 2 amide bonds. The smallest absolute Gasteiger partial charge is 0.410 e. The van der Waals surface area contributed by atoms with E-state index in [1.165, 1.54) is 5.56 Å². The average molecular weight is 302 g/mol. The molecule has 1 aromatic carbocycles. The molecule has 0 aliphatic carbocycles. The van der Waals surface area contributed by atoms with Gasteiger partial charge >= 0.3 is 6.09 Å². The quantitative estimate of drug-likeness (QED) is 0.858. The zero-order valence-corrected chi connectivity index (χ0v) is 13.0. The largest absolute Gasteiger partial charge is 0.448 e. The van der Waals surface area contributed by atoms with Crippen molar-refractivity contribution >= 4 is 12.0 Å². The normalized spacial score (nSPS) is 19.4. The van der Waals surface area contributed by atoms with Crippen molar-refractivity contribution in [3.63, 3.8) is 0 Å². The highest BCUT2D eigenvalue weighted by atomic mass is 16.6. The highest BCUT2D eigenvalue weighted by Crippen LogP contribution is 2.20. The van der Waals surface area contributed by atoms with Gasteiger partial charge in [-0.2, -0.15) is 0 Å². The zero-order chi connectivity index (χ0) is 15.5.